The van der Waals surface area contributed by atoms with Gasteiger partial charge in [0.05, 0.1) is 23.0 Å². The van der Waals surface area contributed by atoms with Crippen molar-refractivity contribution in [2.75, 3.05) is 0 Å². The van der Waals surface area contributed by atoms with E-state index in [9.17, 15) is 5.26 Å². The quantitative estimate of drug-likeness (QED) is 0.163. The van der Waals surface area contributed by atoms with Gasteiger partial charge in [-0.1, -0.05) is 141 Å². The molecule has 0 unspecified atom stereocenters. The van der Waals surface area contributed by atoms with Crippen LogP contribution in [0.4, 0.5) is 0 Å². The van der Waals surface area contributed by atoms with Crippen LogP contribution >= 0.6 is 0 Å². The zero-order chi connectivity index (χ0) is 39.9. The lowest BCUT2D eigenvalue weighted by Crippen LogP contribution is -2.15. The smallest absolute Gasteiger partial charge is 0.160 e. The molecule has 0 spiro atoms. The maximum atomic E-state index is 9.72. The van der Waals surface area contributed by atoms with Crippen LogP contribution in [0.3, 0.4) is 0 Å². The highest BCUT2D eigenvalue weighted by Gasteiger charge is 2.36. The molecule has 10 rings (SSSR count). The summed E-state index contributed by atoms with van der Waals surface area (Å²) >= 11 is 0. The number of fused-ring (bicyclic) bond motifs is 3. The zero-order valence-electron chi connectivity index (χ0n) is 32.8. The Balaban J connectivity index is 1.13. The first-order valence-electron chi connectivity index (χ1n) is 19.9. The van der Waals surface area contributed by atoms with Crippen molar-refractivity contribution >= 4 is 0 Å². The van der Waals surface area contributed by atoms with E-state index in [0.29, 0.717) is 11.4 Å². The molecule has 1 aliphatic carbocycles. The molecule has 0 fully saturated rings. The Hall–Kier alpha value is -7.74. The number of hydrogen-bond donors (Lipinski definition) is 0. The van der Waals surface area contributed by atoms with Crippen molar-refractivity contribution in [1.29, 1.82) is 5.26 Å². The highest BCUT2D eigenvalue weighted by atomic mass is 14.9. The standard InChI is InChI=1S/C55H38N4/c1-55(2)50-29-36(35-56)13-23-48(50)49-24-22-44(33-51(49)55)46-30-45(40-16-14-39(15-17-40)41-25-27-57-28-26-41)31-47(32-46)53-34-52(58-54(59-53)43-11-7-4-8-12-43)42-20-18-38(19-21-42)37-9-5-3-6-10-37/h3-34H,1-2H3. The normalized spacial score (nSPS) is 12.4. The van der Waals surface area contributed by atoms with E-state index in [0.717, 1.165) is 67.0 Å². The summed E-state index contributed by atoms with van der Waals surface area (Å²) < 4.78 is 0. The van der Waals surface area contributed by atoms with Gasteiger partial charge in [0, 0.05) is 34.5 Å². The third-order valence-electron chi connectivity index (χ3n) is 11.6. The minimum Gasteiger partial charge on any atom is -0.265 e. The maximum Gasteiger partial charge on any atom is 0.160 e. The predicted octanol–water partition coefficient (Wildman–Crippen LogP) is 13.7. The molecule has 4 nitrogen and oxygen atoms in total. The van der Waals surface area contributed by atoms with Gasteiger partial charge in [0.1, 0.15) is 0 Å². The van der Waals surface area contributed by atoms with Crippen LogP contribution in [-0.4, -0.2) is 15.0 Å². The Morgan fingerprint density at radius 1 is 0.390 bits per heavy atom. The fourth-order valence-corrected chi connectivity index (χ4v) is 8.42. The molecule has 0 amide bonds. The van der Waals surface area contributed by atoms with E-state index in [-0.39, 0.29) is 5.41 Å². The molecule has 0 aliphatic heterocycles. The van der Waals surface area contributed by atoms with Gasteiger partial charge in [-0.15, -0.1) is 0 Å². The summed E-state index contributed by atoms with van der Waals surface area (Å²) in [5, 5.41) is 9.72. The van der Waals surface area contributed by atoms with Gasteiger partial charge in [0.25, 0.3) is 0 Å². The van der Waals surface area contributed by atoms with E-state index >= 15 is 0 Å². The summed E-state index contributed by atoms with van der Waals surface area (Å²) in [6.07, 6.45) is 3.66. The molecule has 2 heterocycles. The summed E-state index contributed by atoms with van der Waals surface area (Å²) in [4.78, 5) is 14.6. The highest BCUT2D eigenvalue weighted by molar-refractivity contribution is 5.87. The second-order valence-corrected chi connectivity index (χ2v) is 15.6. The number of aromatic nitrogens is 3. The fraction of sp³-hybridized carbons (Fsp3) is 0.0545. The average molecular weight is 755 g/mol. The van der Waals surface area contributed by atoms with Crippen molar-refractivity contribution < 1.29 is 0 Å². The summed E-state index contributed by atoms with van der Waals surface area (Å²) in [5.41, 5.74) is 19.0. The number of rotatable bonds is 7. The van der Waals surface area contributed by atoms with Gasteiger partial charge in [-0.2, -0.15) is 5.26 Å². The molecule has 0 bridgehead atoms. The number of nitrogens with zero attached hydrogens (tertiary/aromatic N) is 4. The summed E-state index contributed by atoms with van der Waals surface area (Å²) in [7, 11) is 0. The Morgan fingerprint density at radius 3 is 1.47 bits per heavy atom. The van der Waals surface area contributed by atoms with Crippen LogP contribution in [0.5, 0.6) is 0 Å². The Labute approximate surface area is 344 Å². The Bertz CT molecular complexity index is 3040. The molecule has 9 aromatic rings. The maximum absolute atomic E-state index is 9.72. The van der Waals surface area contributed by atoms with E-state index in [1.165, 1.54) is 27.8 Å². The first-order valence-corrected chi connectivity index (χ1v) is 19.9. The third-order valence-corrected chi connectivity index (χ3v) is 11.6. The molecular weight excluding hydrogens is 717 g/mol. The van der Waals surface area contributed by atoms with Crippen LogP contribution in [0.1, 0.15) is 30.5 Å². The molecule has 1 aliphatic rings. The van der Waals surface area contributed by atoms with Gasteiger partial charge in [-0.3, -0.25) is 4.98 Å². The largest absolute Gasteiger partial charge is 0.265 e. The van der Waals surface area contributed by atoms with Crippen molar-refractivity contribution in [3.05, 3.63) is 211 Å². The lowest BCUT2D eigenvalue weighted by atomic mass is 9.81. The number of nitriles is 1. The molecule has 4 heteroatoms. The minimum absolute atomic E-state index is 0.265. The molecular formula is C55H38N4. The summed E-state index contributed by atoms with van der Waals surface area (Å²) in [6, 6.07) is 66.3. The first-order chi connectivity index (χ1) is 28.9. The van der Waals surface area contributed by atoms with Crippen molar-refractivity contribution in [2.24, 2.45) is 0 Å². The predicted molar refractivity (Wildman–Crippen MR) is 240 cm³/mol. The van der Waals surface area contributed by atoms with Crippen LogP contribution in [-0.2, 0) is 5.41 Å². The van der Waals surface area contributed by atoms with Crippen molar-refractivity contribution in [1.82, 2.24) is 15.0 Å². The fourth-order valence-electron chi connectivity index (χ4n) is 8.42. The van der Waals surface area contributed by atoms with Crippen LogP contribution < -0.4 is 0 Å². The lowest BCUT2D eigenvalue weighted by molar-refractivity contribution is 0.660. The van der Waals surface area contributed by atoms with Crippen molar-refractivity contribution in [3.63, 3.8) is 0 Å². The molecule has 278 valence electrons. The molecule has 2 aromatic heterocycles. The van der Waals surface area contributed by atoms with E-state index in [1.807, 2.05) is 54.9 Å². The molecule has 0 N–H and O–H groups in total. The molecule has 7 aromatic carbocycles. The van der Waals surface area contributed by atoms with Gasteiger partial charge in [-0.25, -0.2) is 9.97 Å². The van der Waals surface area contributed by atoms with Gasteiger partial charge in [0.2, 0.25) is 0 Å². The SMILES string of the molecule is CC1(C)c2cc(C#N)ccc2-c2ccc(-c3cc(-c4ccc(-c5ccncc5)cc4)cc(-c4cc(-c5ccc(-c6ccccc6)cc5)nc(-c5ccccc5)n4)c3)cc21. The summed E-state index contributed by atoms with van der Waals surface area (Å²) in [5.74, 6) is 0.674. The Kier molecular flexibility index (Phi) is 8.85. The molecule has 0 saturated carbocycles. The monoisotopic (exact) mass is 754 g/mol. The molecule has 0 saturated heterocycles. The van der Waals surface area contributed by atoms with Crippen molar-refractivity contribution in [3.8, 4) is 95.6 Å². The van der Waals surface area contributed by atoms with E-state index in [4.69, 9.17) is 9.97 Å². The first kappa shape index (κ1) is 35.7. The third kappa shape index (κ3) is 6.69. The number of hydrogen-bond acceptors (Lipinski definition) is 4. The van der Waals surface area contributed by atoms with Gasteiger partial charge >= 0.3 is 0 Å². The minimum atomic E-state index is -0.265. The molecule has 0 radical (unpaired) electrons. The average Bonchev–Trinajstić information content (AvgIpc) is 3.54. The Morgan fingerprint density at radius 2 is 0.847 bits per heavy atom. The second-order valence-electron chi connectivity index (χ2n) is 15.6. The highest BCUT2D eigenvalue weighted by Crippen LogP contribution is 2.50. The van der Waals surface area contributed by atoms with E-state index < -0.39 is 0 Å². The van der Waals surface area contributed by atoms with Crippen LogP contribution in [0.2, 0.25) is 0 Å². The van der Waals surface area contributed by atoms with E-state index in [1.54, 1.807) is 0 Å². The van der Waals surface area contributed by atoms with Gasteiger partial charge in [0.15, 0.2) is 5.82 Å². The van der Waals surface area contributed by atoms with Gasteiger partial charge in [-0.05, 0) is 121 Å². The van der Waals surface area contributed by atoms with E-state index in [2.05, 4.69) is 164 Å². The lowest BCUT2D eigenvalue weighted by Gasteiger charge is -2.22. The molecule has 0 atom stereocenters. The zero-order valence-corrected chi connectivity index (χ0v) is 32.8. The van der Waals surface area contributed by atoms with Crippen LogP contribution in [0.25, 0.3) is 89.5 Å². The van der Waals surface area contributed by atoms with Crippen LogP contribution in [0, 0.1) is 11.3 Å². The van der Waals surface area contributed by atoms with Crippen LogP contribution in [0.15, 0.2) is 194 Å². The van der Waals surface area contributed by atoms with Gasteiger partial charge < -0.3 is 0 Å². The topological polar surface area (TPSA) is 62.5 Å². The second kappa shape index (κ2) is 14.6. The number of benzene rings is 7. The number of pyridine rings is 1. The molecule has 59 heavy (non-hydrogen) atoms. The summed E-state index contributed by atoms with van der Waals surface area (Å²) in [6.45, 7) is 4.52. The van der Waals surface area contributed by atoms with Crippen molar-refractivity contribution in [2.45, 2.75) is 19.3 Å².